The summed E-state index contributed by atoms with van der Waals surface area (Å²) < 4.78 is 38.6. The number of benzene rings is 1. The van der Waals surface area contributed by atoms with Gasteiger partial charge in [0.25, 0.3) is 0 Å². The van der Waals surface area contributed by atoms with E-state index in [1.54, 1.807) is 19.9 Å². The molecule has 0 spiro atoms. The largest absolute Gasteiger partial charge is 0.506 e. The number of aromatic hydroxyl groups is 1. The summed E-state index contributed by atoms with van der Waals surface area (Å²) in [7, 11) is 0. The van der Waals surface area contributed by atoms with Crippen LogP contribution in [0.25, 0.3) is 16.6 Å². The molecule has 26 heavy (non-hydrogen) atoms. The van der Waals surface area contributed by atoms with Gasteiger partial charge in [-0.05, 0) is 56.2 Å². The van der Waals surface area contributed by atoms with Crippen molar-refractivity contribution in [1.82, 2.24) is 9.97 Å². The van der Waals surface area contributed by atoms with E-state index in [1.165, 1.54) is 6.07 Å². The van der Waals surface area contributed by atoms with Crippen molar-refractivity contribution in [1.29, 1.82) is 0 Å². The maximum atomic E-state index is 12.9. The monoisotopic (exact) mass is 361 g/mol. The molecule has 2 aromatic heterocycles. The highest BCUT2D eigenvalue weighted by Gasteiger charge is 2.30. The number of hydrogen-bond donors (Lipinski definition) is 3. The minimum atomic E-state index is -4.39. The lowest BCUT2D eigenvalue weighted by molar-refractivity contribution is -0.137. The van der Waals surface area contributed by atoms with Gasteiger partial charge in [-0.15, -0.1) is 0 Å². The minimum absolute atomic E-state index is 0.143. The van der Waals surface area contributed by atoms with E-state index >= 15 is 0 Å². The summed E-state index contributed by atoms with van der Waals surface area (Å²) in [5.74, 6) is 0.682. The molecule has 4 nitrogen and oxygen atoms in total. The fourth-order valence-electron chi connectivity index (χ4n) is 2.73. The molecule has 3 N–H and O–H groups in total. The second kappa shape index (κ2) is 6.09. The third-order valence-electron chi connectivity index (χ3n) is 4.44. The number of H-pyrrole nitrogens is 1. The van der Waals surface area contributed by atoms with Crippen molar-refractivity contribution >= 4 is 22.4 Å². The highest BCUT2D eigenvalue weighted by Crippen LogP contribution is 2.33. The van der Waals surface area contributed by atoms with Crippen LogP contribution < -0.4 is 5.32 Å². The van der Waals surface area contributed by atoms with E-state index in [1.807, 2.05) is 6.92 Å². The van der Waals surface area contributed by atoms with Gasteiger partial charge in [0.2, 0.25) is 0 Å². The molecule has 3 rings (SSSR count). The van der Waals surface area contributed by atoms with Gasteiger partial charge in [0.05, 0.1) is 22.6 Å². The highest BCUT2D eigenvalue weighted by atomic mass is 19.4. The maximum Gasteiger partial charge on any atom is 0.416 e. The van der Waals surface area contributed by atoms with Crippen LogP contribution in [0.4, 0.5) is 19.0 Å². The van der Waals surface area contributed by atoms with Crippen LogP contribution in [0.1, 0.15) is 28.1 Å². The summed E-state index contributed by atoms with van der Waals surface area (Å²) in [4.78, 5) is 7.36. The molecule has 7 heteroatoms. The zero-order valence-corrected chi connectivity index (χ0v) is 14.5. The van der Waals surface area contributed by atoms with Gasteiger partial charge in [-0.3, -0.25) is 0 Å². The number of nitrogens with one attached hydrogen (secondary N) is 2. The van der Waals surface area contributed by atoms with Crippen LogP contribution in [0.3, 0.4) is 0 Å². The van der Waals surface area contributed by atoms with Crippen LogP contribution in [0, 0.1) is 20.8 Å². The van der Waals surface area contributed by atoms with Crippen LogP contribution >= 0.6 is 0 Å². The number of rotatable bonds is 3. The van der Waals surface area contributed by atoms with Crippen molar-refractivity contribution in [3.05, 3.63) is 58.9 Å². The summed E-state index contributed by atoms with van der Waals surface area (Å²) in [6, 6.07) is 5.14. The smallest absolute Gasteiger partial charge is 0.416 e. The fraction of sp³-hybridized carbons (Fsp3) is 0.211. The van der Waals surface area contributed by atoms with E-state index in [4.69, 9.17) is 0 Å². The first-order valence-corrected chi connectivity index (χ1v) is 7.91. The molecular formula is C19H18F3N3O. The molecule has 0 aliphatic rings. The van der Waals surface area contributed by atoms with Crippen molar-refractivity contribution < 1.29 is 18.3 Å². The lowest BCUT2D eigenvalue weighted by Gasteiger charge is -2.14. The Bertz CT molecular complexity index is 1020. The Labute approximate surface area is 148 Å². The van der Waals surface area contributed by atoms with Crippen molar-refractivity contribution in [3.63, 3.8) is 0 Å². The standard InChI is InChI=1S/C19H18F3N3O/c1-9-10(2)18(24-12(4)17(9)26)23-11(3)16-8-13-7-14(19(20,21)22)5-6-15(13)25-16/h5-8,25-26H,3H2,1-2,4H3,(H,23,24). The average Bonchev–Trinajstić information content (AvgIpc) is 3.00. The van der Waals surface area contributed by atoms with E-state index in [9.17, 15) is 18.3 Å². The Morgan fingerprint density at radius 2 is 1.85 bits per heavy atom. The van der Waals surface area contributed by atoms with Gasteiger partial charge in [-0.25, -0.2) is 4.98 Å². The Morgan fingerprint density at radius 1 is 1.15 bits per heavy atom. The predicted octanol–water partition coefficient (Wildman–Crippen LogP) is 5.30. The van der Waals surface area contributed by atoms with E-state index in [0.29, 0.717) is 39.4 Å². The Kier molecular flexibility index (Phi) is 4.18. The average molecular weight is 361 g/mol. The summed E-state index contributed by atoms with van der Waals surface area (Å²) in [6.45, 7) is 9.24. The molecule has 0 saturated heterocycles. The van der Waals surface area contributed by atoms with E-state index in [2.05, 4.69) is 21.9 Å². The van der Waals surface area contributed by atoms with Crippen molar-refractivity contribution in [2.45, 2.75) is 26.9 Å². The van der Waals surface area contributed by atoms with Gasteiger partial charge in [0, 0.05) is 10.9 Å². The maximum absolute atomic E-state index is 12.9. The molecule has 0 aliphatic heterocycles. The third kappa shape index (κ3) is 3.12. The number of nitrogens with zero attached hydrogens (tertiary/aromatic N) is 1. The number of hydrogen-bond acceptors (Lipinski definition) is 3. The SMILES string of the molecule is C=C(Nc1nc(C)c(O)c(C)c1C)c1cc2cc(C(F)(F)F)ccc2[nH]1. The predicted molar refractivity (Wildman–Crippen MR) is 96.1 cm³/mol. The number of alkyl halides is 3. The molecule has 0 atom stereocenters. The summed E-state index contributed by atoms with van der Waals surface area (Å²) in [5.41, 5.74) is 2.87. The molecule has 0 amide bonds. The lowest BCUT2D eigenvalue weighted by atomic mass is 10.1. The molecule has 0 fully saturated rings. The number of anilines is 1. The first-order chi connectivity index (χ1) is 12.1. The van der Waals surface area contributed by atoms with Gasteiger partial charge < -0.3 is 15.4 Å². The van der Waals surface area contributed by atoms with Gasteiger partial charge >= 0.3 is 6.18 Å². The van der Waals surface area contributed by atoms with Crippen molar-refractivity contribution in [3.8, 4) is 5.75 Å². The Morgan fingerprint density at radius 3 is 2.50 bits per heavy atom. The number of pyridine rings is 1. The summed E-state index contributed by atoms with van der Waals surface area (Å²) in [5, 5.41) is 13.5. The number of aromatic nitrogens is 2. The van der Waals surface area contributed by atoms with Crippen LogP contribution in [0.2, 0.25) is 0 Å². The second-order valence-corrected chi connectivity index (χ2v) is 6.23. The lowest BCUT2D eigenvalue weighted by Crippen LogP contribution is -2.04. The van der Waals surface area contributed by atoms with Crippen molar-refractivity contribution in [2.24, 2.45) is 0 Å². The highest BCUT2D eigenvalue weighted by molar-refractivity contribution is 5.87. The van der Waals surface area contributed by atoms with Gasteiger partial charge in [0.15, 0.2) is 0 Å². The molecule has 0 unspecified atom stereocenters. The Hall–Kier alpha value is -2.96. The first kappa shape index (κ1) is 17.8. The van der Waals surface area contributed by atoms with E-state index < -0.39 is 11.7 Å². The number of halogens is 3. The van der Waals surface area contributed by atoms with Crippen molar-refractivity contribution in [2.75, 3.05) is 5.32 Å². The minimum Gasteiger partial charge on any atom is -0.506 e. The number of aryl methyl sites for hydroxylation is 1. The third-order valence-corrected chi connectivity index (χ3v) is 4.44. The summed E-state index contributed by atoms with van der Waals surface area (Å²) >= 11 is 0. The topological polar surface area (TPSA) is 60.9 Å². The molecule has 3 aromatic rings. The molecule has 0 saturated carbocycles. The molecule has 1 aromatic carbocycles. The van der Waals surface area contributed by atoms with E-state index in [0.717, 1.165) is 17.7 Å². The second-order valence-electron chi connectivity index (χ2n) is 6.23. The van der Waals surface area contributed by atoms with Gasteiger partial charge in [0.1, 0.15) is 11.6 Å². The quantitative estimate of drug-likeness (QED) is 0.594. The first-order valence-electron chi connectivity index (χ1n) is 7.91. The van der Waals surface area contributed by atoms with Crippen LogP contribution in [-0.4, -0.2) is 15.1 Å². The normalized spacial score (nSPS) is 11.8. The van der Waals surface area contributed by atoms with E-state index in [-0.39, 0.29) is 5.75 Å². The molecule has 136 valence electrons. The molecular weight excluding hydrogens is 343 g/mol. The van der Waals surface area contributed by atoms with Gasteiger partial charge in [-0.2, -0.15) is 13.2 Å². The number of aromatic amines is 1. The van der Waals surface area contributed by atoms with Crippen LogP contribution in [0.15, 0.2) is 30.8 Å². The fourth-order valence-corrected chi connectivity index (χ4v) is 2.73. The van der Waals surface area contributed by atoms with Crippen LogP contribution in [-0.2, 0) is 6.18 Å². The van der Waals surface area contributed by atoms with Crippen LogP contribution in [0.5, 0.6) is 5.75 Å². The molecule has 0 bridgehead atoms. The zero-order valence-electron chi connectivity index (χ0n) is 14.5. The molecule has 0 aliphatic carbocycles. The zero-order chi connectivity index (χ0) is 19.2. The van der Waals surface area contributed by atoms with Gasteiger partial charge in [-0.1, -0.05) is 6.58 Å². The Balaban J connectivity index is 1.94. The molecule has 2 heterocycles. The molecule has 0 radical (unpaired) electrons. The number of fused-ring (bicyclic) bond motifs is 1. The summed E-state index contributed by atoms with van der Waals surface area (Å²) in [6.07, 6.45) is -4.39.